The summed E-state index contributed by atoms with van der Waals surface area (Å²) in [4.78, 5) is 12.6. The first-order chi connectivity index (χ1) is 9.08. The van der Waals surface area contributed by atoms with E-state index in [4.69, 9.17) is 0 Å². The number of amides is 1. The third-order valence-electron chi connectivity index (χ3n) is 2.63. The van der Waals surface area contributed by atoms with Crippen molar-refractivity contribution in [1.82, 2.24) is 14.9 Å². The Morgan fingerprint density at radius 3 is 2.95 bits per heavy atom. The highest BCUT2D eigenvalue weighted by molar-refractivity contribution is 7.08. The number of phenols is 1. The molecule has 0 atom stereocenters. The summed E-state index contributed by atoms with van der Waals surface area (Å²) in [7, 11) is 0. The molecule has 0 unspecified atom stereocenters. The Kier molecular flexibility index (Phi) is 4.11. The smallest absolute Gasteiger partial charge is 0.265 e. The molecule has 0 bridgehead atoms. The molecule has 100 valence electrons. The van der Waals surface area contributed by atoms with Crippen molar-refractivity contribution in [1.29, 1.82) is 0 Å². The van der Waals surface area contributed by atoms with E-state index in [0.717, 1.165) is 22.8 Å². The number of nitrogens with one attached hydrogen (secondary N) is 1. The van der Waals surface area contributed by atoms with Crippen LogP contribution >= 0.6 is 11.5 Å². The lowest BCUT2D eigenvalue weighted by Crippen LogP contribution is -2.23. The minimum Gasteiger partial charge on any atom is -0.508 e. The van der Waals surface area contributed by atoms with Gasteiger partial charge >= 0.3 is 0 Å². The SMILES string of the molecule is CC(C)c1nnsc1C(=O)NCc1cccc(O)c1. The van der Waals surface area contributed by atoms with Crippen LogP contribution in [0.25, 0.3) is 0 Å². The van der Waals surface area contributed by atoms with E-state index >= 15 is 0 Å². The molecule has 0 spiro atoms. The predicted octanol–water partition coefficient (Wildman–Crippen LogP) is 2.30. The molecule has 2 N–H and O–H groups in total. The van der Waals surface area contributed by atoms with Crippen molar-refractivity contribution in [3.8, 4) is 5.75 Å². The van der Waals surface area contributed by atoms with E-state index in [0.29, 0.717) is 11.4 Å². The van der Waals surface area contributed by atoms with Crippen molar-refractivity contribution in [3.05, 3.63) is 40.4 Å². The lowest BCUT2D eigenvalue weighted by Gasteiger charge is -2.06. The number of aromatic nitrogens is 2. The fourth-order valence-corrected chi connectivity index (χ4v) is 2.40. The molecule has 2 aromatic rings. The van der Waals surface area contributed by atoms with Crippen LogP contribution in [-0.2, 0) is 6.54 Å². The molecule has 0 aliphatic heterocycles. The average Bonchev–Trinajstić information content (AvgIpc) is 2.85. The first kappa shape index (κ1) is 13.5. The Labute approximate surface area is 115 Å². The van der Waals surface area contributed by atoms with Crippen molar-refractivity contribution in [2.24, 2.45) is 0 Å². The maximum atomic E-state index is 12.0. The van der Waals surface area contributed by atoms with E-state index < -0.39 is 0 Å². The van der Waals surface area contributed by atoms with Gasteiger partial charge in [-0.3, -0.25) is 4.79 Å². The number of phenolic OH excluding ortho intramolecular Hbond substituents is 1. The number of hydrogen-bond donors (Lipinski definition) is 2. The van der Waals surface area contributed by atoms with Gasteiger partial charge in [-0.15, -0.1) is 5.10 Å². The maximum absolute atomic E-state index is 12.0. The average molecular weight is 277 g/mol. The molecular weight excluding hydrogens is 262 g/mol. The van der Waals surface area contributed by atoms with Gasteiger partial charge in [0, 0.05) is 6.54 Å². The molecule has 0 aliphatic rings. The Hall–Kier alpha value is -1.95. The Morgan fingerprint density at radius 1 is 1.47 bits per heavy atom. The van der Waals surface area contributed by atoms with E-state index in [1.165, 1.54) is 0 Å². The molecule has 1 heterocycles. The summed E-state index contributed by atoms with van der Waals surface area (Å²) >= 11 is 1.10. The van der Waals surface area contributed by atoms with Crippen molar-refractivity contribution in [2.45, 2.75) is 26.3 Å². The van der Waals surface area contributed by atoms with E-state index in [-0.39, 0.29) is 17.6 Å². The van der Waals surface area contributed by atoms with Gasteiger partial charge < -0.3 is 10.4 Å². The second-order valence-corrected chi connectivity index (χ2v) is 5.25. The van der Waals surface area contributed by atoms with Crippen molar-refractivity contribution in [3.63, 3.8) is 0 Å². The van der Waals surface area contributed by atoms with Crippen molar-refractivity contribution in [2.75, 3.05) is 0 Å². The fourth-order valence-electron chi connectivity index (χ4n) is 1.66. The fraction of sp³-hybridized carbons (Fsp3) is 0.308. The van der Waals surface area contributed by atoms with Crippen LogP contribution in [0.2, 0.25) is 0 Å². The highest BCUT2D eigenvalue weighted by Gasteiger charge is 2.18. The quantitative estimate of drug-likeness (QED) is 0.899. The van der Waals surface area contributed by atoms with Crippen molar-refractivity contribution < 1.29 is 9.90 Å². The first-order valence-corrected chi connectivity index (χ1v) is 6.73. The summed E-state index contributed by atoms with van der Waals surface area (Å²) in [6.07, 6.45) is 0. The largest absolute Gasteiger partial charge is 0.508 e. The minimum absolute atomic E-state index is 0.167. The lowest BCUT2D eigenvalue weighted by molar-refractivity contribution is 0.0953. The summed E-state index contributed by atoms with van der Waals surface area (Å²) in [6, 6.07) is 6.79. The summed E-state index contributed by atoms with van der Waals surface area (Å²) in [5, 5.41) is 16.1. The van der Waals surface area contributed by atoms with E-state index in [2.05, 4.69) is 14.9 Å². The van der Waals surface area contributed by atoms with Crippen LogP contribution in [0.1, 0.15) is 40.7 Å². The Morgan fingerprint density at radius 2 is 2.26 bits per heavy atom. The standard InChI is InChI=1S/C13H15N3O2S/c1-8(2)11-12(19-16-15-11)13(18)14-7-9-4-3-5-10(17)6-9/h3-6,8,17H,7H2,1-2H3,(H,14,18). The van der Waals surface area contributed by atoms with E-state index in [1.54, 1.807) is 18.2 Å². The van der Waals surface area contributed by atoms with Gasteiger partial charge in [-0.05, 0) is 35.1 Å². The monoisotopic (exact) mass is 277 g/mol. The lowest BCUT2D eigenvalue weighted by atomic mass is 10.1. The molecule has 1 aromatic carbocycles. The van der Waals surface area contributed by atoms with E-state index in [1.807, 2.05) is 19.9 Å². The minimum atomic E-state index is -0.179. The van der Waals surface area contributed by atoms with Crippen molar-refractivity contribution >= 4 is 17.4 Å². The highest BCUT2D eigenvalue weighted by Crippen LogP contribution is 2.19. The van der Waals surface area contributed by atoms with Gasteiger partial charge in [-0.2, -0.15) is 0 Å². The molecule has 0 radical (unpaired) electrons. The summed E-state index contributed by atoms with van der Waals surface area (Å²) < 4.78 is 3.82. The van der Waals surface area contributed by atoms with Gasteiger partial charge in [0.05, 0.1) is 5.69 Å². The highest BCUT2D eigenvalue weighted by atomic mass is 32.1. The number of carbonyl (C=O) groups excluding carboxylic acids is 1. The number of benzene rings is 1. The number of aromatic hydroxyl groups is 1. The van der Waals surface area contributed by atoms with Crippen LogP contribution in [0.5, 0.6) is 5.75 Å². The zero-order chi connectivity index (χ0) is 13.8. The van der Waals surface area contributed by atoms with Crippen LogP contribution in [0.4, 0.5) is 0 Å². The van der Waals surface area contributed by atoms with Crippen LogP contribution < -0.4 is 5.32 Å². The van der Waals surface area contributed by atoms with E-state index in [9.17, 15) is 9.90 Å². The third-order valence-corrected chi connectivity index (χ3v) is 3.37. The van der Waals surface area contributed by atoms with Crippen LogP contribution in [0, 0.1) is 0 Å². The molecule has 2 rings (SSSR count). The van der Waals surface area contributed by atoms with Gasteiger partial charge in [-0.25, -0.2) is 0 Å². The molecule has 1 aromatic heterocycles. The molecule has 1 amide bonds. The topological polar surface area (TPSA) is 75.1 Å². The first-order valence-electron chi connectivity index (χ1n) is 5.96. The number of hydrogen-bond acceptors (Lipinski definition) is 5. The molecule has 0 fully saturated rings. The second kappa shape index (κ2) is 5.79. The van der Waals surface area contributed by atoms with Gasteiger partial charge in [0.25, 0.3) is 5.91 Å². The molecule has 0 aliphatic carbocycles. The summed E-state index contributed by atoms with van der Waals surface area (Å²) in [6.45, 7) is 4.31. The van der Waals surface area contributed by atoms with Gasteiger partial charge in [0.1, 0.15) is 10.6 Å². The normalized spacial score (nSPS) is 10.7. The Balaban J connectivity index is 2.03. The zero-order valence-electron chi connectivity index (χ0n) is 10.8. The summed E-state index contributed by atoms with van der Waals surface area (Å²) in [5.74, 6) is 0.177. The number of nitrogens with zero attached hydrogens (tertiary/aromatic N) is 2. The number of carbonyl (C=O) groups is 1. The predicted molar refractivity (Wildman–Crippen MR) is 73.3 cm³/mol. The maximum Gasteiger partial charge on any atom is 0.265 e. The van der Waals surface area contributed by atoms with Gasteiger partial charge in [-0.1, -0.05) is 30.5 Å². The molecule has 6 heteroatoms. The van der Waals surface area contributed by atoms with Crippen LogP contribution in [0.15, 0.2) is 24.3 Å². The zero-order valence-corrected chi connectivity index (χ0v) is 11.6. The van der Waals surface area contributed by atoms with Crippen LogP contribution in [0.3, 0.4) is 0 Å². The molecule has 0 saturated carbocycles. The van der Waals surface area contributed by atoms with Gasteiger partial charge in [0.15, 0.2) is 0 Å². The molecule has 0 saturated heterocycles. The van der Waals surface area contributed by atoms with Gasteiger partial charge in [0.2, 0.25) is 0 Å². The third kappa shape index (κ3) is 3.29. The molecule has 5 nitrogen and oxygen atoms in total. The molecular formula is C13H15N3O2S. The number of rotatable bonds is 4. The molecule has 19 heavy (non-hydrogen) atoms. The Bertz CT molecular complexity index is 581. The summed E-state index contributed by atoms with van der Waals surface area (Å²) in [5.41, 5.74) is 1.57. The second-order valence-electron chi connectivity index (χ2n) is 4.49. The van der Waals surface area contributed by atoms with Crippen LogP contribution in [-0.4, -0.2) is 20.6 Å².